The highest BCUT2D eigenvalue weighted by atomic mass is 79.9. The SMILES string of the molecule is Cc1cc(Br)c(-n2nncc2CC(=O)O)cc1Cl. The lowest BCUT2D eigenvalue weighted by Gasteiger charge is -2.09. The Bertz CT molecular complexity index is 612. The van der Waals surface area contributed by atoms with E-state index in [1.807, 2.05) is 13.0 Å². The Labute approximate surface area is 117 Å². The Kier molecular flexibility index (Phi) is 3.68. The summed E-state index contributed by atoms with van der Waals surface area (Å²) in [6.07, 6.45) is 1.28. The van der Waals surface area contributed by atoms with Gasteiger partial charge in [-0.2, -0.15) is 0 Å². The maximum absolute atomic E-state index is 10.7. The molecule has 1 aromatic carbocycles. The summed E-state index contributed by atoms with van der Waals surface area (Å²) in [6, 6.07) is 3.57. The fourth-order valence-electron chi connectivity index (χ4n) is 1.53. The van der Waals surface area contributed by atoms with Crippen LogP contribution in [0.4, 0.5) is 0 Å². The first-order valence-electron chi connectivity index (χ1n) is 5.06. The van der Waals surface area contributed by atoms with Gasteiger partial charge in [-0.15, -0.1) is 5.10 Å². The number of halogens is 2. The smallest absolute Gasteiger partial charge is 0.309 e. The molecule has 0 aliphatic carbocycles. The third kappa shape index (κ3) is 2.54. The van der Waals surface area contributed by atoms with Crippen LogP contribution in [-0.4, -0.2) is 26.1 Å². The summed E-state index contributed by atoms with van der Waals surface area (Å²) in [6.45, 7) is 1.89. The molecule has 94 valence electrons. The van der Waals surface area contributed by atoms with Crippen molar-refractivity contribution in [1.82, 2.24) is 15.0 Å². The van der Waals surface area contributed by atoms with Crippen molar-refractivity contribution in [1.29, 1.82) is 0 Å². The van der Waals surface area contributed by atoms with Crippen molar-refractivity contribution in [3.63, 3.8) is 0 Å². The van der Waals surface area contributed by atoms with Gasteiger partial charge < -0.3 is 5.11 Å². The molecule has 5 nitrogen and oxygen atoms in total. The van der Waals surface area contributed by atoms with Crippen LogP contribution in [0.25, 0.3) is 5.69 Å². The Balaban J connectivity index is 2.52. The maximum Gasteiger partial charge on any atom is 0.309 e. The highest BCUT2D eigenvalue weighted by Crippen LogP contribution is 2.28. The monoisotopic (exact) mass is 329 g/mol. The van der Waals surface area contributed by atoms with E-state index in [9.17, 15) is 4.79 Å². The molecule has 2 aromatic rings. The van der Waals surface area contributed by atoms with Crippen LogP contribution in [0.5, 0.6) is 0 Å². The van der Waals surface area contributed by atoms with E-state index in [-0.39, 0.29) is 6.42 Å². The zero-order valence-corrected chi connectivity index (χ0v) is 11.7. The molecule has 0 spiro atoms. The van der Waals surface area contributed by atoms with Gasteiger partial charge in [0.2, 0.25) is 0 Å². The lowest BCUT2D eigenvalue weighted by atomic mass is 10.2. The summed E-state index contributed by atoms with van der Waals surface area (Å²) < 4.78 is 2.24. The van der Waals surface area contributed by atoms with Crippen molar-refractivity contribution in [2.75, 3.05) is 0 Å². The molecular weight excluding hydrogens is 321 g/mol. The number of aliphatic carboxylic acids is 1. The molecule has 0 saturated carbocycles. The van der Waals surface area contributed by atoms with Gasteiger partial charge in [-0.05, 0) is 40.5 Å². The number of rotatable bonds is 3. The summed E-state index contributed by atoms with van der Waals surface area (Å²) in [5.74, 6) is -0.937. The van der Waals surface area contributed by atoms with Gasteiger partial charge in [-0.3, -0.25) is 4.79 Å². The molecule has 0 aliphatic heterocycles. The second-order valence-corrected chi connectivity index (χ2v) is 5.02. The number of carbonyl (C=O) groups is 1. The fourth-order valence-corrected chi connectivity index (χ4v) is 2.32. The highest BCUT2D eigenvalue weighted by Gasteiger charge is 2.13. The zero-order chi connectivity index (χ0) is 13.3. The molecule has 0 atom stereocenters. The molecule has 18 heavy (non-hydrogen) atoms. The summed E-state index contributed by atoms with van der Waals surface area (Å²) >= 11 is 9.47. The van der Waals surface area contributed by atoms with Crippen LogP contribution in [0.3, 0.4) is 0 Å². The quantitative estimate of drug-likeness (QED) is 0.939. The minimum absolute atomic E-state index is 0.148. The first kappa shape index (κ1) is 13.0. The van der Waals surface area contributed by atoms with Crippen molar-refractivity contribution < 1.29 is 9.90 Å². The molecule has 2 rings (SSSR count). The van der Waals surface area contributed by atoms with Crippen LogP contribution in [0, 0.1) is 6.92 Å². The van der Waals surface area contributed by atoms with Crippen LogP contribution in [0.15, 0.2) is 22.8 Å². The van der Waals surface area contributed by atoms with Crippen LogP contribution >= 0.6 is 27.5 Å². The predicted molar refractivity (Wildman–Crippen MR) is 70.1 cm³/mol. The molecular formula is C11H9BrClN3O2. The molecule has 0 fully saturated rings. The van der Waals surface area contributed by atoms with Gasteiger partial charge >= 0.3 is 5.97 Å². The minimum Gasteiger partial charge on any atom is -0.481 e. The number of aromatic nitrogens is 3. The van der Waals surface area contributed by atoms with E-state index in [0.717, 1.165) is 10.0 Å². The van der Waals surface area contributed by atoms with Crippen LogP contribution in [0.2, 0.25) is 5.02 Å². The lowest BCUT2D eigenvalue weighted by Crippen LogP contribution is -2.08. The number of aryl methyl sites for hydroxylation is 1. The number of carboxylic acid groups (broad SMARTS) is 1. The van der Waals surface area contributed by atoms with Gasteiger partial charge in [0, 0.05) is 9.50 Å². The summed E-state index contributed by atoms with van der Waals surface area (Å²) in [5.41, 5.74) is 2.08. The predicted octanol–water partition coefficient (Wildman–Crippen LogP) is 2.62. The Morgan fingerprint density at radius 1 is 1.56 bits per heavy atom. The first-order chi connectivity index (χ1) is 8.49. The van der Waals surface area contributed by atoms with E-state index in [1.165, 1.54) is 10.9 Å². The second kappa shape index (κ2) is 5.07. The van der Waals surface area contributed by atoms with Crippen molar-refractivity contribution in [2.24, 2.45) is 0 Å². The van der Waals surface area contributed by atoms with Crippen molar-refractivity contribution in [3.05, 3.63) is 39.1 Å². The van der Waals surface area contributed by atoms with Gasteiger partial charge in [-0.25, -0.2) is 4.68 Å². The normalized spacial score (nSPS) is 10.6. The molecule has 1 N–H and O–H groups in total. The van der Waals surface area contributed by atoms with Gasteiger partial charge in [0.25, 0.3) is 0 Å². The molecule has 1 aromatic heterocycles. The molecule has 1 heterocycles. The fraction of sp³-hybridized carbons (Fsp3) is 0.182. The molecule has 0 saturated heterocycles. The van der Waals surface area contributed by atoms with Crippen LogP contribution in [-0.2, 0) is 11.2 Å². The standard InChI is InChI=1S/C11H9BrClN3O2/c1-6-2-8(12)10(4-9(6)13)16-7(3-11(17)18)5-14-15-16/h2,4-5H,3H2,1H3,(H,17,18). The third-order valence-electron chi connectivity index (χ3n) is 2.41. The second-order valence-electron chi connectivity index (χ2n) is 3.76. The van der Waals surface area contributed by atoms with Gasteiger partial charge in [-0.1, -0.05) is 16.8 Å². The Morgan fingerprint density at radius 3 is 2.94 bits per heavy atom. The third-order valence-corrected chi connectivity index (χ3v) is 3.45. The number of benzene rings is 1. The summed E-state index contributed by atoms with van der Waals surface area (Å²) in [7, 11) is 0. The summed E-state index contributed by atoms with van der Waals surface area (Å²) in [4.78, 5) is 10.7. The van der Waals surface area contributed by atoms with Crippen LogP contribution < -0.4 is 0 Å². The van der Waals surface area contributed by atoms with Crippen molar-refractivity contribution in [3.8, 4) is 5.69 Å². The zero-order valence-electron chi connectivity index (χ0n) is 9.39. The van der Waals surface area contributed by atoms with E-state index < -0.39 is 5.97 Å². The van der Waals surface area contributed by atoms with E-state index in [0.29, 0.717) is 16.4 Å². The van der Waals surface area contributed by atoms with E-state index >= 15 is 0 Å². The molecule has 0 radical (unpaired) electrons. The van der Waals surface area contributed by atoms with E-state index in [1.54, 1.807) is 6.07 Å². The van der Waals surface area contributed by atoms with Gasteiger partial charge in [0.05, 0.1) is 24.0 Å². The van der Waals surface area contributed by atoms with E-state index in [2.05, 4.69) is 26.2 Å². The Hall–Kier alpha value is -1.40. The maximum atomic E-state index is 10.7. The average Bonchev–Trinajstić information content (AvgIpc) is 2.70. The van der Waals surface area contributed by atoms with Crippen molar-refractivity contribution in [2.45, 2.75) is 13.3 Å². The summed E-state index contributed by atoms with van der Waals surface area (Å²) in [5, 5.41) is 17.0. The van der Waals surface area contributed by atoms with Gasteiger partial charge in [0.1, 0.15) is 0 Å². The molecule has 0 aliphatic rings. The number of nitrogens with zero attached hydrogens (tertiary/aromatic N) is 3. The number of hydrogen-bond acceptors (Lipinski definition) is 3. The number of carboxylic acids is 1. The molecule has 0 unspecified atom stereocenters. The van der Waals surface area contributed by atoms with Crippen LogP contribution in [0.1, 0.15) is 11.3 Å². The highest BCUT2D eigenvalue weighted by molar-refractivity contribution is 9.10. The largest absolute Gasteiger partial charge is 0.481 e. The van der Waals surface area contributed by atoms with E-state index in [4.69, 9.17) is 16.7 Å². The Morgan fingerprint density at radius 2 is 2.28 bits per heavy atom. The van der Waals surface area contributed by atoms with Gasteiger partial charge in [0.15, 0.2) is 0 Å². The minimum atomic E-state index is -0.937. The lowest BCUT2D eigenvalue weighted by molar-refractivity contribution is -0.136. The first-order valence-corrected chi connectivity index (χ1v) is 6.23. The molecule has 7 heteroatoms. The molecule has 0 amide bonds. The topological polar surface area (TPSA) is 68.0 Å². The average molecular weight is 331 g/mol. The number of hydrogen-bond donors (Lipinski definition) is 1. The van der Waals surface area contributed by atoms with Crippen molar-refractivity contribution >= 4 is 33.5 Å². The molecule has 0 bridgehead atoms.